The van der Waals surface area contributed by atoms with Crippen LogP contribution >= 0.6 is 7.75 Å². The second kappa shape index (κ2) is 11.5. The summed E-state index contributed by atoms with van der Waals surface area (Å²) in [6.07, 6.45) is -6.85. The first-order chi connectivity index (χ1) is 17.6. The molecule has 0 saturated carbocycles. The zero-order chi connectivity index (χ0) is 28.4. The Morgan fingerprint density at radius 3 is 2.56 bits per heavy atom. The van der Waals surface area contributed by atoms with E-state index in [4.69, 9.17) is 21.3 Å². The zero-order valence-corrected chi connectivity index (χ0v) is 20.9. The molecule has 0 aliphatic carbocycles. The van der Waals surface area contributed by atoms with Gasteiger partial charge in [0, 0.05) is 11.8 Å². The fourth-order valence-corrected chi connectivity index (χ4v) is 4.56. The van der Waals surface area contributed by atoms with Crippen LogP contribution in [0.15, 0.2) is 46.1 Å². The molecule has 1 unspecified atom stereocenters. The Morgan fingerprint density at radius 1 is 1.25 bits per heavy atom. The molecule has 1 aromatic carbocycles. The van der Waals surface area contributed by atoms with Crippen LogP contribution < -0.4 is 20.9 Å². The van der Waals surface area contributed by atoms with E-state index >= 15 is 0 Å². The van der Waals surface area contributed by atoms with E-state index in [0.717, 1.165) is 10.8 Å². The number of benzene rings is 1. The maximum absolute atomic E-state index is 13.7. The molecule has 0 radical (unpaired) electrons. The van der Waals surface area contributed by atoms with Gasteiger partial charge in [-0.1, -0.05) is 18.2 Å². The number of esters is 1. The molecule has 2 aromatic rings. The fourth-order valence-electron chi connectivity index (χ4n) is 3.20. The number of aromatic amines is 1. The molecule has 36 heavy (non-hydrogen) atoms. The van der Waals surface area contributed by atoms with E-state index < -0.39 is 68.2 Å². The lowest BCUT2D eigenvalue weighted by molar-refractivity contribution is -0.149. The molecule has 1 aliphatic heterocycles. The topological polar surface area (TPSA) is 178 Å². The number of carbonyl (C=O) groups is 1. The molecule has 1 saturated heterocycles. The van der Waals surface area contributed by atoms with Gasteiger partial charge in [-0.2, -0.15) is 5.09 Å². The minimum Gasteiger partial charge on any atom is -0.462 e. The first-order valence-electron chi connectivity index (χ1n) is 12.0. The lowest BCUT2D eigenvalue weighted by Gasteiger charge is -2.25. The maximum Gasteiger partial charge on any atom is 0.459 e. The number of nitrogens with zero attached hydrogens (tertiary/aromatic N) is 1. The van der Waals surface area contributed by atoms with Gasteiger partial charge in [0.2, 0.25) is 0 Å². The normalized spacial score (nSPS) is 25.5. The summed E-state index contributed by atoms with van der Waals surface area (Å²) in [7, 11) is -4.75. The van der Waals surface area contributed by atoms with E-state index in [1.807, 2.05) is 4.98 Å². The molecule has 1 fully saturated rings. The van der Waals surface area contributed by atoms with E-state index in [-0.39, 0.29) is 11.3 Å². The lowest BCUT2D eigenvalue weighted by atomic mass is 10.1. The number of carbonyl (C=O) groups excluding carboxylic acids is 1. The minimum absolute atomic E-state index is 0.00428. The summed E-state index contributed by atoms with van der Waals surface area (Å²) in [6, 6.07) is 6.31. The van der Waals surface area contributed by atoms with Crippen molar-refractivity contribution in [1.29, 1.82) is 0 Å². The van der Waals surface area contributed by atoms with Crippen molar-refractivity contribution >= 4 is 13.7 Å². The molecule has 6 atom stereocenters. The second-order valence-electron chi connectivity index (χ2n) is 8.35. The smallest absolute Gasteiger partial charge is 0.459 e. The summed E-state index contributed by atoms with van der Waals surface area (Å²) in [5.74, 6) is -0.814. The van der Waals surface area contributed by atoms with Gasteiger partial charge in [0.15, 0.2) is 6.23 Å². The molecule has 0 amide bonds. The first kappa shape index (κ1) is 24.9. The monoisotopic (exact) mass is 529 g/mol. The highest BCUT2D eigenvalue weighted by atomic mass is 31.2. The van der Waals surface area contributed by atoms with Gasteiger partial charge in [-0.3, -0.25) is 23.7 Å². The lowest BCUT2D eigenvalue weighted by Crippen LogP contribution is -2.39. The third-order valence-electron chi connectivity index (χ3n) is 4.97. The first-order valence-corrected chi connectivity index (χ1v) is 12.5. The molecule has 2 heterocycles. The Labute approximate surface area is 209 Å². The Morgan fingerprint density at radius 2 is 1.92 bits per heavy atom. The molecule has 198 valence electrons. The number of ether oxygens (including phenoxy) is 2. The van der Waals surface area contributed by atoms with Gasteiger partial charge in [0.05, 0.1) is 15.4 Å². The molecule has 13 nitrogen and oxygen atoms in total. The van der Waals surface area contributed by atoms with Crippen molar-refractivity contribution in [1.82, 2.24) is 14.6 Å². The van der Waals surface area contributed by atoms with Crippen LogP contribution in [0.5, 0.6) is 5.75 Å². The van der Waals surface area contributed by atoms with Gasteiger partial charge in [-0.15, -0.1) is 0 Å². The van der Waals surface area contributed by atoms with Gasteiger partial charge in [-0.25, -0.2) is 9.36 Å². The summed E-state index contributed by atoms with van der Waals surface area (Å²) in [5, 5.41) is 23.4. The van der Waals surface area contributed by atoms with Crippen LogP contribution in [0.1, 0.15) is 35.3 Å². The molecule has 1 aromatic heterocycles. The Balaban J connectivity index is 1.90. The van der Waals surface area contributed by atoms with E-state index in [1.165, 1.54) is 26.0 Å². The number of H-pyrrole nitrogens is 1. The molecular formula is C22H30N3O10P. The molecule has 3 rings (SSSR count). The quantitative estimate of drug-likeness (QED) is 0.250. The molecular weight excluding hydrogens is 497 g/mol. The fraction of sp³-hybridized carbons (Fsp3) is 0.500. The van der Waals surface area contributed by atoms with E-state index in [9.17, 15) is 29.2 Å². The van der Waals surface area contributed by atoms with E-state index in [1.54, 1.807) is 32.0 Å². The van der Waals surface area contributed by atoms with E-state index in [2.05, 4.69) is 5.09 Å². The number of rotatable bonds is 10. The van der Waals surface area contributed by atoms with Crippen molar-refractivity contribution < 1.29 is 40.8 Å². The zero-order valence-electron chi connectivity index (χ0n) is 22.0. The standard InChI is InChI=1S/C22H30N3O10P/c1-12(2)33-21(29)14(4)24-36(31,35-15-8-6-5-7-9-15)32-11-16-17(26)18(27)20(34-16)25-10-13(3)19(28)23-22(25)30/h5-10,12,14,16-18,20,26-27H,11H2,1-4H3,(H,24,31)(H,23,28,30)/t14-,16-,17?,18+,20-,36+/m0/s1/i11D2. The summed E-state index contributed by atoms with van der Waals surface area (Å²) < 4.78 is 52.5. The average Bonchev–Trinajstić information content (AvgIpc) is 3.11. The van der Waals surface area contributed by atoms with Crippen molar-refractivity contribution in [2.24, 2.45) is 0 Å². The van der Waals surface area contributed by atoms with Crippen LogP contribution in [0.3, 0.4) is 0 Å². The molecule has 0 bridgehead atoms. The number of aliphatic hydroxyl groups is 2. The van der Waals surface area contributed by atoms with E-state index in [0.29, 0.717) is 0 Å². The van der Waals surface area contributed by atoms with Crippen molar-refractivity contribution in [3.05, 3.63) is 62.9 Å². The SMILES string of the molecule is [2H]C([2H])(O[P@](=O)(N[C@@H](C)C(=O)OC(C)C)Oc1ccccc1)[C@@H]1O[C@H](n2cc(C)c(=O)[nH]c2=O)[C@H](O)C1O. The van der Waals surface area contributed by atoms with Gasteiger partial charge in [0.1, 0.15) is 30.1 Å². The molecule has 0 spiro atoms. The van der Waals surface area contributed by atoms with Crippen molar-refractivity contribution in [2.45, 2.75) is 64.4 Å². The number of aliphatic hydroxyl groups excluding tert-OH is 2. The third kappa shape index (κ3) is 6.69. The Bertz CT molecular complexity index is 1300. The van der Waals surface area contributed by atoms with Crippen LogP contribution in [-0.4, -0.2) is 62.8 Å². The Kier molecular flexibility index (Phi) is 7.95. The average molecular weight is 529 g/mol. The number of hydrogen-bond acceptors (Lipinski definition) is 10. The largest absolute Gasteiger partial charge is 0.462 e. The number of nitrogens with one attached hydrogen (secondary N) is 2. The summed E-state index contributed by atoms with van der Waals surface area (Å²) >= 11 is 0. The third-order valence-corrected chi connectivity index (χ3v) is 6.47. The Hall–Kier alpha value is -2.80. The predicted molar refractivity (Wildman–Crippen MR) is 126 cm³/mol. The minimum atomic E-state index is -4.75. The predicted octanol–water partition coefficient (Wildman–Crippen LogP) is 0.598. The van der Waals surface area contributed by atoms with Crippen LogP contribution in [0, 0.1) is 6.92 Å². The highest BCUT2D eigenvalue weighted by Crippen LogP contribution is 2.46. The summed E-state index contributed by atoms with van der Waals surface area (Å²) in [6.45, 7) is 2.79. The van der Waals surface area contributed by atoms with Crippen molar-refractivity contribution in [2.75, 3.05) is 6.56 Å². The number of hydrogen-bond donors (Lipinski definition) is 4. The summed E-state index contributed by atoms with van der Waals surface area (Å²) in [5.41, 5.74) is -1.56. The van der Waals surface area contributed by atoms with Crippen molar-refractivity contribution in [3.8, 4) is 5.75 Å². The molecule has 14 heteroatoms. The highest BCUT2D eigenvalue weighted by Gasteiger charge is 2.46. The maximum atomic E-state index is 13.7. The molecule has 4 N–H and O–H groups in total. The van der Waals surface area contributed by atoms with Gasteiger partial charge < -0.3 is 24.2 Å². The van der Waals surface area contributed by atoms with Crippen LogP contribution in [0.4, 0.5) is 0 Å². The van der Waals surface area contributed by atoms with Gasteiger partial charge in [-0.05, 0) is 39.8 Å². The number of aryl methyl sites for hydroxylation is 1. The number of para-hydroxylation sites is 1. The summed E-state index contributed by atoms with van der Waals surface area (Å²) in [4.78, 5) is 38.3. The van der Waals surface area contributed by atoms with Crippen LogP contribution in [0.25, 0.3) is 0 Å². The van der Waals surface area contributed by atoms with Crippen LogP contribution in [0.2, 0.25) is 0 Å². The number of aromatic nitrogens is 2. The van der Waals surface area contributed by atoms with Gasteiger partial charge >= 0.3 is 19.4 Å². The van der Waals surface area contributed by atoms with Crippen molar-refractivity contribution in [3.63, 3.8) is 0 Å². The van der Waals surface area contributed by atoms with Gasteiger partial charge in [0.25, 0.3) is 5.56 Å². The highest BCUT2D eigenvalue weighted by molar-refractivity contribution is 7.52. The molecule has 1 aliphatic rings. The second-order valence-corrected chi connectivity index (χ2v) is 9.97. The van der Waals surface area contributed by atoms with Crippen LogP contribution in [-0.2, 0) is 23.4 Å².